The number of hydrogen-bond acceptors (Lipinski definition) is 4. The lowest BCUT2D eigenvalue weighted by Gasteiger charge is -2.12. The fourth-order valence-corrected chi connectivity index (χ4v) is 4.54. The van der Waals surface area contributed by atoms with Crippen LogP contribution >= 0.6 is 23.6 Å². The molecular weight excluding hydrogens is 371 g/mol. The third kappa shape index (κ3) is 2.43. The molecule has 0 bridgehead atoms. The molecule has 0 fully saturated rings. The number of aryl methyl sites for hydroxylation is 2. The van der Waals surface area contributed by atoms with E-state index in [-0.39, 0.29) is 11.5 Å². The first-order valence-electron chi connectivity index (χ1n) is 7.83. The van der Waals surface area contributed by atoms with Crippen molar-refractivity contribution in [1.29, 1.82) is 0 Å². The Bertz CT molecular complexity index is 1250. The molecule has 1 aliphatic heterocycles. The topological polar surface area (TPSA) is 54.6 Å². The smallest absolute Gasteiger partial charge is 0.279 e. The summed E-state index contributed by atoms with van der Waals surface area (Å²) in [6.45, 7) is 3.85. The summed E-state index contributed by atoms with van der Waals surface area (Å²) < 4.78 is 15.6. The molecule has 0 aliphatic carbocycles. The number of hydrogen-bond donors (Lipinski definition) is 1. The minimum atomic E-state index is -0.509. The summed E-state index contributed by atoms with van der Waals surface area (Å²) >= 11 is 6.56. The average molecular weight is 384 g/mol. The van der Waals surface area contributed by atoms with Crippen molar-refractivity contribution >= 4 is 35.0 Å². The van der Waals surface area contributed by atoms with Crippen LogP contribution in [0.25, 0.3) is 11.3 Å². The first-order chi connectivity index (χ1) is 12.4. The van der Waals surface area contributed by atoms with E-state index in [4.69, 9.17) is 12.2 Å². The van der Waals surface area contributed by atoms with Crippen molar-refractivity contribution < 1.29 is 14.3 Å². The Hall–Kier alpha value is -2.64. The number of halogens is 1. The highest BCUT2D eigenvalue weighted by atomic mass is 32.1. The molecule has 2 aromatic carbocycles. The SMILES string of the molecule is Cc1cccc(C)c1-n1c(O)c(C2=c3cc(F)ccc3=NC2=O)sc1=S. The maximum Gasteiger partial charge on any atom is 0.279 e. The van der Waals surface area contributed by atoms with Crippen LogP contribution < -0.4 is 10.6 Å². The third-order valence-corrected chi connectivity index (χ3v) is 5.72. The van der Waals surface area contributed by atoms with Gasteiger partial charge < -0.3 is 5.11 Å². The fourth-order valence-electron chi connectivity index (χ4n) is 3.19. The second kappa shape index (κ2) is 5.96. The van der Waals surface area contributed by atoms with Gasteiger partial charge in [-0.3, -0.25) is 9.36 Å². The minimum absolute atomic E-state index is 0.131. The quantitative estimate of drug-likeness (QED) is 0.691. The molecule has 4 nitrogen and oxygen atoms in total. The van der Waals surface area contributed by atoms with Crippen LogP contribution in [0.15, 0.2) is 41.4 Å². The molecule has 0 unspecified atom stereocenters. The number of aromatic nitrogens is 1. The second-order valence-electron chi connectivity index (χ2n) is 6.05. The van der Waals surface area contributed by atoms with Crippen LogP contribution in [0, 0.1) is 23.6 Å². The zero-order valence-electron chi connectivity index (χ0n) is 13.9. The van der Waals surface area contributed by atoms with Crippen LogP contribution in [0.1, 0.15) is 16.0 Å². The second-order valence-corrected chi connectivity index (χ2v) is 7.69. The monoisotopic (exact) mass is 384 g/mol. The Labute approximate surface area is 157 Å². The number of rotatable bonds is 2. The number of para-hydroxylation sites is 1. The van der Waals surface area contributed by atoms with Crippen molar-refractivity contribution in [2.45, 2.75) is 13.8 Å². The molecule has 1 N–H and O–H groups in total. The van der Waals surface area contributed by atoms with E-state index in [0.717, 1.165) is 28.2 Å². The molecule has 0 spiro atoms. The summed E-state index contributed by atoms with van der Waals surface area (Å²) in [5.74, 6) is -1.11. The molecule has 2 heterocycles. The first kappa shape index (κ1) is 16.8. The summed E-state index contributed by atoms with van der Waals surface area (Å²) in [5, 5.41) is 11.6. The van der Waals surface area contributed by atoms with Crippen LogP contribution in [0.4, 0.5) is 4.39 Å². The lowest BCUT2D eigenvalue weighted by Crippen LogP contribution is -2.23. The van der Waals surface area contributed by atoms with Gasteiger partial charge in [-0.2, -0.15) is 0 Å². The van der Waals surface area contributed by atoms with Crippen molar-refractivity contribution in [3.8, 4) is 11.6 Å². The molecule has 130 valence electrons. The fraction of sp³-hybridized carbons (Fsp3) is 0.105. The van der Waals surface area contributed by atoms with E-state index in [2.05, 4.69) is 4.99 Å². The molecule has 0 saturated heterocycles. The summed E-state index contributed by atoms with van der Waals surface area (Å²) in [4.78, 5) is 16.7. The highest BCUT2D eigenvalue weighted by Crippen LogP contribution is 2.36. The van der Waals surface area contributed by atoms with E-state index in [1.165, 1.54) is 18.2 Å². The van der Waals surface area contributed by atoms with Crippen molar-refractivity contribution in [2.75, 3.05) is 0 Å². The average Bonchev–Trinajstić information content (AvgIpc) is 3.04. The van der Waals surface area contributed by atoms with E-state index in [1.54, 1.807) is 4.57 Å². The normalized spacial score (nSPS) is 13.0. The summed E-state index contributed by atoms with van der Waals surface area (Å²) in [6, 6.07) is 9.74. The molecule has 0 radical (unpaired) electrons. The number of carbonyl (C=O) groups is 1. The number of carbonyl (C=O) groups excluding carboxylic acids is 1. The van der Waals surface area contributed by atoms with E-state index in [9.17, 15) is 14.3 Å². The van der Waals surface area contributed by atoms with E-state index < -0.39 is 11.7 Å². The molecular formula is C19H13FN2O2S2. The van der Waals surface area contributed by atoms with Gasteiger partial charge in [-0.25, -0.2) is 9.38 Å². The minimum Gasteiger partial charge on any atom is -0.493 e. The van der Waals surface area contributed by atoms with Gasteiger partial charge in [-0.15, -0.1) is 11.3 Å². The van der Waals surface area contributed by atoms with Crippen LogP contribution in [0.3, 0.4) is 0 Å². The zero-order chi connectivity index (χ0) is 18.6. The largest absolute Gasteiger partial charge is 0.493 e. The summed E-state index contributed by atoms with van der Waals surface area (Å²) in [5.41, 5.74) is 2.84. The van der Waals surface area contributed by atoms with Gasteiger partial charge in [0.15, 0.2) is 3.95 Å². The maximum absolute atomic E-state index is 13.7. The number of nitrogens with zero attached hydrogens (tertiary/aromatic N) is 2. The number of benzene rings is 2. The summed E-state index contributed by atoms with van der Waals surface area (Å²) in [6.07, 6.45) is 0. The van der Waals surface area contributed by atoms with Crippen LogP contribution in [0.2, 0.25) is 0 Å². The molecule has 0 saturated carbocycles. The third-order valence-electron chi connectivity index (χ3n) is 4.34. The summed E-state index contributed by atoms with van der Waals surface area (Å²) in [7, 11) is 0. The predicted molar refractivity (Wildman–Crippen MR) is 100 cm³/mol. The highest BCUT2D eigenvalue weighted by Gasteiger charge is 2.26. The van der Waals surface area contributed by atoms with Crippen molar-refractivity contribution in [2.24, 2.45) is 4.99 Å². The molecule has 3 aromatic rings. The van der Waals surface area contributed by atoms with Gasteiger partial charge in [0.05, 0.1) is 16.6 Å². The molecule has 26 heavy (non-hydrogen) atoms. The Morgan fingerprint density at radius 2 is 1.88 bits per heavy atom. The number of amides is 1. The lowest BCUT2D eigenvalue weighted by atomic mass is 10.1. The Kier molecular flexibility index (Phi) is 3.86. The zero-order valence-corrected chi connectivity index (χ0v) is 15.5. The number of thiazole rings is 1. The lowest BCUT2D eigenvalue weighted by molar-refractivity contribution is -0.112. The Balaban J connectivity index is 2.06. The Morgan fingerprint density at radius 1 is 1.19 bits per heavy atom. The molecule has 1 amide bonds. The van der Waals surface area contributed by atoms with Crippen LogP contribution in [0.5, 0.6) is 5.88 Å². The van der Waals surface area contributed by atoms with Crippen LogP contribution in [-0.2, 0) is 4.79 Å². The molecule has 1 aromatic heterocycles. The van der Waals surface area contributed by atoms with Gasteiger partial charge in [-0.1, -0.05) is 18.2 Å². The first-order valence-corrected chi connectivity index (χ1v) is 9.05. The van der Waals surface area contributed by atoms with Crippen molar-refractivity contribution in [3.63, 3.8) is 0 Å². The van der Waals surface area contributed by atoms with Crippen molar-refractivity contribution in [3.05, 3.63) is 72.7 Å². The van der Waals surface area contributed by atoms with Gasteiger partial charge in [0.25, 0.3) is 5.91 Å². The maximum atomic E-state index is 13.7. The highest BCUT2D eigenvalue weighted by molar-refractivity contribution is 7.73. The van der Waals surface area contributed by atoms with Gasteiger partial charge in [0, 0.05) is 5.22 Å². The van der Waals surface area contributed by atoms with Gasteiger partial charge in [0.1, 0.15) is 10.7 Å². The Morgan fingerprint density at radius 3 is 2.58 bits per heavy atom. The standard InChI is InChI=1S/C19H13FN2O2S2/c1-9-4-3-5-10(2)15(9)22-18(24)16(26-19(22)25)14-12-8-11(20)6-7-13(12)21-17(14)23/h3-8,24H,1-2H3. The molecule has 0 atom stereocenters. The van der Waals surface area contributed by atoms with E-state index in [1.807, 2.05) is 32.0 Å². The number of fused-ring (bicyclic) bond motifs is 1. The van der Waals surface area contributed by atoms with Crippen molar-refractivity contribution in [1.82, 2.24) is 4.57 Å². The van der Waals surface area contributed by atoms with Gasteiger partial charge in [-0.05, 0) is 55.4 Å². The van der Waals surface area contributed by atoms with Gasteiger partial charge >= 0.3 is 0 Å². The van der Waals surface area contributed by atoms with Gasteiger partial charge in [0.2, 0.25) is 5.88 Å². The number of aromatic hydroxyl groups is 1. The molecule has 4 rings (SSSR count). The van der Waals surface area contributed by atoms with E-state index >= 15 is 0 Å². The predicted octanol–water partition coefficient (Wildman–Crippen LogP) is 3.09. The molecule has 7 heteroatoms. The van der Waals surface area contributed by atoms with Crippen LogP contribution in [-0.4, -0.2) is 15.6 Å². The molecule has 1 aliphatic rings. The van der Waals surface area contributed by atoms with E-state index in [0.29, 0.717) is 19.4 Å².